The van der Waals surface area contributed by atoms with E-state index in [1.807, 2.05) is 32.3 Å². The van der Waals surface area contributed by atoms with Gasteiger partial charge in [-0.2, -0.15) is 5.26 Å². The molecule has 3 heterocycles. The minimum Gasteiger partial charge on any atom is -0.370 e. The first-order valence-corrected chi connectivity index (χ1v) is 8.75. The molecule has 0 spiro atoms. The fourth-order valence-electron chi connectivity index (χ4n) is 1.67. The van der Waals surface area contributed by atoms with Gasteiger partial charge >= 0.3 is 0 Å². The fourth-order valence-corrected chi connectivity index (χ4v) is 4.05. The summed E-state index contributed by atoms with van der Waals surface area (Å²) in [6.45, 7) is 0. The summed E-state index contributed by atoms with van der Waals surface area (Å²) >= 11 is 4.56. The van der Waals surface area contributed by atoms with E-state index in [1.54, 1.807) is 22.7 Å². The number of rotatable bonds is 4. The molecule has 3 rings (SSSR count). The summed E-state index contributed by atoms with van der Waals surface area (Å²) in [7, 11) is 4.07. The lowest BCUT2D eigenvalue weighted by atomic mass is 10.4. The monoisotopic (exact) mass is 345 g/mol. The van der Waals surface area contributed by atoms with Crippen molar-refractivity contribution in [1.29, 1.82) is 5.26 Å². The maximum Gasteiger partial charge on any atom is 0.231 e. The van der Waals surface area contributed by atoms with E-state index < -0.39 is 0 Å². The molecular formula is C14H11N5S3. The van der Waals surface area contributed by atoms with Crippen LogP contribution in [0.25, 0.3) is 9.75 Å². The molecule has 3 aromatic rings. The zero-order chi connectivity index (χ0) is 15.5. The minimum absolute atomic E-state index is 0.498. The Balaban J connectivity index is 1.77. The second-order valence-corrected chi connectivity index (χ2v) is 7.62. The van der Waals surface area contributed by atoms with Crippen molar-refractivity contribution >= 4 is 49.1 Å². The first kappa shape index (κ1) is 14.8. The van der Waals surface area contributed by atoms with Gasteiger partial charge in [0.25, 0.3) is 0 Å². The molecular weight excluding hydrogens is 334 g/mol. The van der Waals surface area contributed by atoms with Gasteiger partial charge in [0.05, 0.1) is 11.2 Å². The van der Waals surface area contributed by atoms with Crippen LogP contribution in [-0.2, 0) is 0 Å². The van der Waals surface area contributed by atoms with Gasteiger partial charge in [0.1, 0.15) is 15.9 Å². The zero-order valence-electron chi connectivity index (χ0n) is 11.8. The summed E-state index contributed by atoms with van der Waals surface area (Å²) in [6, 6.07) is 10.3. The Hall–Kier alpha value is -2.08. The molecule has 0 atom stereocenters. The molecule has 22 heavy (non-hydrogen) atoms. The molecule has 3 aromatic heterocycles. The molecule has 0 unspecified atom stereocenters. The molecule has 0 N–H and O–H groups in total. The molecule has 8 heteroatoms. The molecule has 0 bridgehead atoms. The van der Waals surface area contributed by atoms with Crippen LogP contribution < -0.4 is 4.90 Å². The highest BCUT2D eigenvalue weighted by atomic mass is 32.1. The van der Waals surface area contributed by atoms with Gasteiger partial charge < -0.3 is 4.90 Å². The maximum absolute atomic E-state index is 8.75. The van der Waals surface area contributed by atoms with Gasteiger partial charge in [-0.05, 0) is 24.3 Å². The summed E-state index contributed by atoms with van der Waals surface area (Å²) in [4.78, 5) is 9.05. The van der Waals surface area contributed by atoms with Crippen LogP contribution in [0.15, 0.2) is 40.7 Å². The Kier molecular flexibility index (Phi) is 4.29. The van der Waals surface area contributed by atoms with Gasteiger partial charge in [-0.15, -0.1) is 32.9 Å². The van der Waals surface area contributed by atoms with E-state index >= 15 is 0 Å². The van der Waals surface area contributed by atoms with Crippen molar-refractivity contribution in [2.45, 2.75) is 0 Å². The number of nitriles is 1. The standard InChI is InChI=1S/C14H11N5S3/c1-19(2)13-6-4-11(22-13)10-3-5-12(21-10)17-18-14-16-8-9(7-15)20-14/h3-6,8H,1-2H3/b18-17+. The Morgan fingerprint density at radius 3 is 2.50 bits per heavy atom. The van der Waals surface area contributed by atoms with Crippen molar-refractivity contribution in [3.63, 3.8) is 0 Å². The number of azo groups is 1. The number of nitrogens with zero attached hydrogens (tertiary/aromatic N) is 5. The Morgan fingerprint density at radius 2 is 1.82 bits per heavy atom. The summed E-state index contributed by atoms with van der Waals surface area (Å²) in [5, 5.41) is 19.6. The van der Waals surface area contributed by atoms with Crippen molar-refractivity contribution in [3.8, 4) is 15.8 Å². The summed E-state index contributed by atoms with van der Waals surface area (Å²) in [5.41, 5.74) is 0. The van der Waals surface area contributed by atoms with Gasteiger partial charge in [0.15, 0.2) is 0 Å². The minimum atomic E-state index is 0.498. The average Bonchev–Trinajstić information content (AvgIpc) is 3.24. The van der Waals surface area contributed by atoms with E-state index in [2.05, 4.69) is 32.2 Å². The highest BCUT2D eigenvalue weighted by Crippen LogP contribution is 2.39. The number of thiazole rings is 1. The normalized spacial score (nSPS) is 11.0. The second-order valence-electron chi connectivity index (χ2n) is 4.49. The van der Waals surface area contributed by atoms with Crippen LogP contribution in [-0.4, -0.2) is 19.1 Å². The van der Waals surface area contributed by atoms with E-state index in [1.165, 1.54) is 32.3 Å². The first-order chi connectivity index (χ1) is 10.7. The molecule has 0 aliphatic heterocycles. The van der Waals surface area contributed by atoms with Crippen molar-refractivity contribution in [1.82, 2.24) is 4.98 Å². The highest BCUT2D eigenvalue weighted by molar-refractivity contribution is 7.25. The van der Waals surface area contributed by atoms with Crippen molar-refractivity contribution in [2.24, 2.45) is 10.2 Å². The van der Waals surface area contributed by atoms with Gasteiger partial charge in [0, 0.05) is 23.8 Å². The van der Waals surface area contributed by atoms with Gasteiger partial charge in [-0.1, -0.05) is 11.3 Å². The fraction of sp³-hybridized carbons (Fsp3) is 0.143. The summed E-state index contributed by atoms with van der Waals surface area (Å²) in [6.07, 6.45) is 1.51. The quantitative estimate of drug-likeness (QED) is 0.604. The van der Waals surface area contributed by atoms with Crippen LogP contribution in [0.2, 0.25) is 0 Å². The van der Waals surface area contributed by atoms with Crippen LogP contribution in [0.1, 0.15) is 4.88 Å². The maximum atomic E-state index is 8.75. The van der Waals surface area contributed by atoms with Crippen molar-refractivity contribution < 1.29 is 0 Å². The number of hydrogen-bond donors (Lipinski definition) is 0. The average molecular weight is 345 g/mol. The molecule has 0 radical (unpaired) electrons. The Morgan fingerprint density at radius 1 is 1.05 bits per heavy atom. The van der Waals surface area contributed by atoms with Crippen molar-refractivity contribution in [2.75, 3.05) is 19.0 Å². The van der Waals surface area contributed by atoms with Crippen LogP contribution in [0.3, 0.4) is 0 Å². The summed E-state index contributed by atoms with van der Waals surface area (Å²) < 4.78 is 0. The third-order valence-electron chi connectivity index (χ3n) is 2.71. The Bertz CT molecular complexity index is 850. The predicted octanol–water partition coefficient (Wildman–Crippen LogP) is 5.29. The number of anilines is 1. The lowest BCUT2D eigenvalue weighted by molar-refractivity contribution is 1.16. The van der Waals surface area contributed by atoms with E-state index in [0.29, 0.717) is 10.0 Å². The van der Waals surface area contributed by atoms with E-state index in [0.717, 1.165) is 5.00 Å². The first-order valence-electron chi connectivity index (χ1n) is 6.31. The van der Waals surface area contributed by atoms with E-state index in [4.69, 9.17) is 5.26 Å². The lowest BCUT2D eigenvalue weighted by Crippen LogP contribution is -2.05. The molecule has 0 saturated carbocycles. The van der Waals surface area contributed by atoms with Crippen LogP contribution in [0, 0.1) is 11.3 Å². The van der Waals surface area contributed by atoms with E-state index in [9.17, 15) is 0 Å². The number of hydrogen-bond acceptors (Lipinski definition) is 8. The number of aromatic nitrogens is 1. The Labute approximate surface area is 139 Å². The van der Waals surface area contributed by atoms with E-state index in [-0.39, 0.29) is 0 Å². The van der Waals surface area contributed by atoms with Crippen molar-refractivity contribution in [3.05, 3.63) is 35.3 Å². The van der Waals surface area contributed by atoms with Crippen LogP contribution in [0.5, 0.6) is 0 Å². The lowest BCUT2D eigenvalue weighted by Gasteiger charge is -2.06. The third kappa shape index (κ3) is 3.22. The predicted molar refractivity (Wildman–Crippen MR) is 93.0 cm³/mol. The van der Waals surface area contributed by atoms with Crippen LogP contribution >= 0.6 is 34.0 Å². The van der Waals surface area contributed by atoms with Gasteiger partial charge in [0.2, 0.25) is 5.13 Å². The topological polar surface area (TPSA) is 64.6 Å². The van der Waals surface area contributed by atoms with Crippen LogP contribution in [0.4, 0.5) is 15.1 Å². The SMILES string of the molecule is CN(C)c1ccc(-c2ccc(/N=N/c3ncc(C#N)s3)s2)s1. The van der Waals surface area contributed by atoms with Gasteiger partial charge in [-0.25, -0.2) is 4.98 Å². The summed E-state index contributed by atoms with van der Waals surface area (Å²) in [5.74, 6) is 0. The molecule has 110 valence electrons. The molecule has 0 fully saturated rings. The second kappa shape index (κ2) is 6.36. The third-order valence-corrected chi connectivity index (χ3v) is 5.91. The zero-order valence-corrected chi connectivity index (χ0v) is 14.3. The number of thiophene rings is 2. The smallest absolute Gasteiger partial charge is 0.231 e. The highest BCUT2D eigenvalue weighted by Gasteiger charge is 2.07. The largest absolute Gasteiger partial charge is 0.370 e. The molecule has 0 saturated heterocycles. The molecule has 0 aliphatic rings. The molecule has 0 aliphatic carbocycles. The molecule has 0 aromatic carbocycles. The van der Waals surface area contributed by atoms with Gasteiger partial charge in [-0.3, -0.25) is 0 Å². The molecule has 5 nitrogen and oxygen atoms in total. The molecule has 0 amide bonds.